The number of nitrogens with zero attached hydrogens (tertiary/aromatic N) is 5. The molecule has 1 fully saturated rings. The van der Waals surface area contributed by atoms with Crippen LogP contribution in [0.15, 0.2) is 77.7 Å². The summed E-state index contributed by atoms with van der Waals surface area (Å²) < 4.78 is 51.8. The summed E-state index contributed by atoms with van der Waals surface area (Å²) in [5.41, 5.74) is 1.38. The van der Waals surface area contributed by atoms with E-state index in [1.54, 1.807) is 12.3 Å². The van der Waals surface area contributed by atoms with Gasteiger partial charge in [0.25, 0.3) is 5.91 Å². The predicted octanol–water partition coefficient (Wildman–Crippen LogP) is 5.60. The van der Waals surface area contributed by atoms with Gasteiger partial charge in [-0.1, -0.05) is 13.0 Å². The summed E-state index contributed by atoms with van der Waals surface area (Å²) >= 11 is 0. The maximum absolute atomic E-state index is 13.5. The highest BCUT2D eigenvalue weighted by atomic mass is 19.4. The van der Waals surface area contributed by atoms with E-state index in [0.29, 0.717) is 42.2 Å². The number of benzene rings is 3. The molecule has 0 saturated carbocycles. The zero-order chi connectivity index (χ0) is 33.1. The standard InChI is InChI=1S/C33H30F3N7O4/c1-3-28-27-19-37-31(39-22-7-9-24(10-8-22)42-11-13-47-14-12-42)40-29(27)41-32(45)43(28)25-16-23(17-26(18-25)46-2)38-30(44)20-5-4-6-21(15-20)33(34,35)36/h4-10,15-19H,3,11-14H2,1-2H3,(H,38,44)(H,39,40,41,45). The minimum absolute atomic E-state index is 0.183. The first kappa shape index (κ1) is 31.5. The number of rotatable bonds is 8. The van der Waals surface area contributed by atoms with E-state index >= 15 is 0 Å². The monoisotopic (exact) mass is 645 g/mol. The Kier molecular flexibility index (Phi) is 8.76. The van der Waals surface area contributed by atoms with Crippen molar-refractivity contribution in [2.75, 3.05) is 48.9 Å². The largest absolute Gasteiger partial charge is 0.497 e. The molecule has 2 N–H and O–H groups in total. The van der Waals surface area contributed by atoms with Crippen LogP contribution in [0.5, 0.6) is 5.75 Å². The molecule has 47 heavy (non-hydrogen) atoms. The first-order valence-corrected chi connectivity index (χ1v) is 14.8. The topological polar surface area (TPSA) is 124 Å². The smallest absolute Gasteiger partial charge is 0.416 e. The number of hydrogen-bond acceptors (Lipinski definition) is 9. The third-order valence-corrected chi connectivity index (χ3v) is 7.67. The number of fused-ring (bicyclic) bond motifs is 1. The van der Waals surface area contributed by atoms with Crippen LogP contribution in [0.25, 0.3) is 16.7 Å². The molecule has 2 aromatic heterocycles. The van der Waals surface area contributed by atoms with Crippen molar-refractivity contribution in [1.82, 2.24) is 19.5 Å². The van der Waals surface area contributed by atoms with Gasteiger partial charge in [0.1, 0.15) is 5.75 Å². The Bertz CT molecular complexity index is 1990. The van der Waals surface area contributed by atoms with Crippen LogP contribution in [-0.2, 0) is 17.3 Å². The molecule has 3 aromatic carbocycles. The molecule has 0 unspecified atom stereocenters. The van der Waals surface area contributed by atoms with Gasteiger partial charge in [0, 0.05) is 59.7 Å². The SMILES string of the molecule is CCc1c2cnc(Nc3ccc(N4CCOCC4)cc3)nc2nc(=O)n1-c1cc(NC(=O)c2cccc(C(F)(F)F)c2)cc(OC)c1. The van der Waals surface area contributed by atoms with Crippen LogP contribution in [0, 0.1) is 0 Å². The second kappa shape index (κ2) is 13.1. The number of nitrogens with one attached hydrogen (secondary N) is 2. The van der Waals surface area contributed by atoms with E-state index in [9.17, 15) is 22.8 Å². The Morgan fingerprint density at radius 3 is 2.45 bits per heavy atom. The number of morpholine rings is 1. The number of amides is 1. The highest BCUT2D eigenvalue weighted by Crippen LogP contribution is 2.31. The van der Waals surface area contributed by atoms with Gasteiger partial charge in [-0.2, -0.15) is 23.1 Å². The minimum atomic E-state index is -4.60. The lowest BCUT2D eigenvalue weighted by molar-refractivity contribution is -0.137. The molecule has 0 radical (unpaired) electrons. The van der Waals surface area contributed by atoms with Gasteiger partial charge in [-0.3, -0.25) is 9.36 Å². The molecule has 1 amide bonds. The fourth-order valence-corrected chi connectivity index (χ4v) is 5.36. The minimum Gasteiger partial charge on any atom is -0.497 e. The number of halogens is 3. The van der Waals surface area contributed by atoms with Gasteiger partial charge in [0.15, 0.2) is 5.65 Å². The van der Waals surface area contributed by atoms with E-state index in [4.69, 9.17) is 9.47 Å². The predicted molar refractivity (Wildman–Crippen MR) is 171 cm³/mol. The maximum atomic E-state index is 13.5. The third-order valence-electron chi connectivity index (χ3n) is 7.67. The first-order chi connectivity index (χ1) is 22.6. The van der Waals surface area contributed by atoms with Gasteiger partial charge in [-0.25, -0.2) is 9.78 Å². The molecule has 14 heteroatoms. The van der Waals surface area contributed by atoms with Crippen molar-refractivity contribution in [3.05, 3.63) is 100 Å². The van der Waals surface area contributed by atoms with Crippen molar-refractivity contribution in [1.29, 1.82) is 0 Å². The van der Waals surface area contributed by atoms with E-state index in [1.165, 1.54) is 29.9 Å². The Morgan fingerprint density at radius 1 is 0.979 bits per heavy atom. The molecule has 1 aliphatic rings. The molecule has 242 valence electrons. The van der Waals surface area contributed by atoms with Gasteiger partial charge in [-0.15, -0.1) is 0 Å². The van der Waals surface area contributed by atoms with Crippen LogP contribution in [0.3, 0.4) is 0 Å². The summed E-state index contributed by atoms with van der Waals surface area (Å²) in [6.07, 6.45) is -2.61. The second-order valence-electron chi connectivity index (χ2n) is 10.7. The number of carbonyl (C=O) groups excluding carboxylic acids is 1. The number of carbonyl (C=O) groups is 1. The average molecular weight is 646 g/mol. The van der Waals surface area contributed by atoms with Crippen molar-refractivity contribution in [2.45, 2.75) is 19.5 Å². The zero-order valence-electron chi connectivity index (χ0n) is 25.5. The van der Waals surface area contributed by atoms with Crippen LogP contribution in [-0.4, -0.2) is 58.8 Å². The number of alkyl halides is 3. The molecule has 3 heterocycles. The fraction of sp³-hybridized carbons (Fsp3) is 0.242. The van der Waals surface area contributed by atoms with Crippen LogP contribution < -0.4 is 26.0 Å². The van der Waals surface area contributed by atoms with E-state index in [1.807, 2.05) is 31.2 Å². The van der Waals surface area contributed by atoms with Crippen molar-refractivity contribution in [3.8, 4) is 11.4 Å². The summed E-state index contributed by atoms with van der Waals surface area (Å²) in [7, 11) is 1.41. The quantitative estimate of drug-likeness (QED) is 0.222. The number of aromatic nitrogens is 4. The molecule has 1 aliphatic heterocycles. The Morgan fingerprint density at radius 2 is 1.74 bits per heavy atom. The highest BCUT2D eigenvalue weighted by molar-refractivity contribution is 6.04. The highest BCUT2D eigenvalue weighted by Gasteiger charge is 2.31. The van der Waals surface area contributed by atoms with Gasteiger partial charge in [0.2, 0.25) is 5.95 Å². The molecular formula is C33H30F3N7O4. The van der Waals surface area contributed by atoms with Crippen molar-refractivity contribution in [2.24, 2.45) is 0 Å². The van der Waals surface area contributed by atoms with Gasteiger partial charge in [0.05, 0.1) is 37.0 Å². The molecule has 0 aliphatic carbocycles. The summed E-state index contributed by atoms with van der Waals surface area (Å²) in [4.78, 5) is 41.9. The lowest BCUT2D eigenvalue weighted by atomic mass is 10.1. The second-order valence-corrected chi connectivity index (χ2v) is 10.7. The number of anilines is 4. The van der Waals surface area contributed by atoms with E-state index in [-0.39, 0.29) is 22.8 Å². The molecule has 0 atom stereocenters. The van der Waals surface area contributed by atoms with E-state index < -0.39 is 23.3 Å². The first-order valence-electron chi connectivity index (χ1n) is 14.8. The van der Waals surface area contributed by atoms with Crippen LogP contribution >= 0.6 is 0 Å². The average Bonchev–Trinajstić information content (AvgIpc) is 3.07. The summed E-state index contributed by atoms with van der Waals surface area (Å²) in [5.74, 6) is -0.199. The number of ether oxygens (including phenoxy) is 2. The molecule has 5 aromatic rings. The summed E-state index contributed by atoms with van der Waals surface area (Å²) in [5, 5.41) is 6.31. The van der Waals surface area contributed by atoms with Crippen LogP contribution in [0.4, 0.5) is 36.2 Å². The lowest BCUT2D eigenvalue weighted by Crippen LogP contribution is -2.36. The van der Waals surface area contributed by atoms with E-state index in [2.05, 4.69) is 30.5 Å². The zero-order valence-corrected chi connectivity index (χ0v) is 25.5. The van der Waals surface area contributed by atoms with Gasteiger partial charge in [-0.05, 0) is 55.0 Å². The van der Waals surface area contributed by atoms with Crippen molar-refractivity contribution in [3.63, 3.8) is 0 Å². The van der Waals surface area contributed by atoms with Gasteiger partial charge >= 0.3 is 11.9 Å². The molecule has 6 rings (SSSR count). The molecule has 11 nitrogen and oxygen atoms in total. The third kappa shape index (κ3) is 6.87. The number of aryl methyl sites for hydroxylation is 1. The molecule has 1 saturated heterocycles. The summed E-state index contributed by atoms with van der Waals surface area (Å²) in [6, 6.07) is 16.6. The molecule has 0 spiro atoms. The molecular weight excluding hydrogens is 615 g/mol. The van der Waals surface area contributed by atoms with E-state index in [0.717, 1.165) is 42.7 Å². The van der Waals surface area contributed by atoms with Crippen LogP contribution in [0.1, 0.15) is 28.5 Å². The summed E-state index contributed by atoms with van der Waals surface area (Å²) in [6.45, 7) is 4.91. The lowest BCUT2D eigenvalue weighted by Gasteiger charge is -2.28. The van der Waals surface area contributed by atoms with Crippen molar-refractivity contribution >= 4 is 40.0 Å². The Hall–Kier alpha value is -5.50. The Balaban J connectivity index is 1.29. The fourth-order valence-electron chi connectivity index (χ4n) is 5.36. The van der Waals surface area contributed by atoms with Crippen molar-refractivity contribution < 1.29 is 27.4 Å². The maximum Gasteiger partial charge on any atom is 0.416 e. The normalized spacial score (nSPS) is 13.4. The van der Waals surface area contributed by atoms with Crippen LogP contribution in [0.2, 0.25) is 0 Å². The molecule has 0 bridgehead atoms. The number of methoxy groups -OCH3 is 1. The number of hydrogen-bond donors (Lipinski definition) is 2. The Labute approximate surface area is 267 Å². The van der Waals surface area contributed by atoms with Gasteiger partial charge < -0.3 is 25.0 Å².